The molecule has 112 valence electrons. The quantitative estimate of drug-likeness (QED) is 0.917. The van der Waals surface area contributed by atoms with Crippen LogP contribution in [0.2, 0.25) is 0 Å². The molecule has 2 aromatic rings. The minimum Gasteiger partial charge on any atom is -0.310 e. The predicted molar refractivity (Wildman–Crippen MR) is 82.6 cm³/mol. The van der Waals surface area contributed by atoms with Gasteiger partial charge in [0.05, 0.1) is 0 Å². The first-order valence-corrected chi connectivity index (χ1v) is 7.68. The number of pyridine rings is 1. The molecule has 0 spiro atoms. The molecule has 1 aliphatic carbocycles. The van der Waals surface area contributed by atoms with Crippen molar-refractivity contribution in [3.63, 3.8) is 0 Å². The molecular weight excluding hydrogens is 262 g/mol. The molecule has 5 heteroatoms. The summed E-state index contributed by atoms with van der Waals surface area (Å²) in [6.45, 7) is 9.11. The summed E-state index contributed by atoms with van der Waals surface area (Å²) >= 11 is 0. The molecule has 0 aromatic carbocycles. The number of aromatic nitrogens is 4. The number of aryl methyl sites for hydroxylation is 2. The molecule has 1 fully saturated rings. The van der Waals surface area contributed by atoms with Crippen molar-refractivity contribution in [2.45, 2.75) is 59.0 Å². The molecule has 2 aromatic heterocycles. The first-order chi connectivity index (χ1) is 10.0. The van der Waals surface area contributed by atoms with Crippen LogP contribution in [0.4, 0.5) is 0 Å². The maximum absolute atomic E-state index is 4.75. The van der Waals surface area contributed by atoms with E-state index in [0.717, 1.165) is 29.7 Å². The van der Waals surface area contributed by atoms with Crippen LogP contribution in [0.5, 0.6) is 0 Å². The smallest absolute Gasteiger partial charge is 0.156 e. The fourth-order valence-corrected chi connectivity index (χ4v) is 2.39. The molecule has 1 N–H and O–H groups in total. The van der Waals surface area contributed by atoms with Gasteiger partial charge in [0.2, 0.25) is 0 Å². The normalized spacial score (nSPS) is 14.9. The fourth-order valence-electron chi connectivity index (χ4n) is 2.39. The van der Waals surface area contributed by atoms with Gasteiger partial charge in [-0.15, -0.1) is 5.10 Å². The summed E-state index contributed by atoms with van der Waals surface area (Å²) in [4.78, 5) is 9.12. The van der Waals surface area contributed by atoms with E-state index in [1.165, 1.54) is 18.4 Å². The molecule has 0 amide bonds. The van der Waals surface area contributed by atoms with Crippen molar-refractivity contribution in [3.05, 3.63) is 35.0 Å². The predicted octanol–water partition coefficient (Wildman–Crippen LogP) is 2.65. The van der Waals surface area contributed by atoms with Gasteiger partial charge in [0.15, 0.2) is 5.82 Å². The topological polar surface area (TPSA) is 55.6 Å². The van der Waals surface area contributed by atoms with E-state index in [4.69, 9.17) is 4.98 Å². The Hall–Kier alpha value is -1.75. The molecule has 0 saturated heterocycles. The zero-order chi connectivity index (χ0) is 15.0. The molecule has 1 saturated carbocycles. The van der Waals surface area contributed by atoms with E-state index in [1.807, 2.05) is 18.5 Å². The highest BCUT2D eigenvalue weighted by Gasteiger charge is 2.20. The van der Waals surface area contributed by atoms with Crippen molar-refractivity contribution >= 4 is 0 Å². The van der Waals surface area contributed by atoms with Gasteiger partial charge in [-0.25, -0.2) is 9.97 Å². The summed E-state index contributed by atoms with van der Waals surface area (Å²) in [5.41, 5.74) is 2.37. The highest BCUT2D eigenvalue weighted by atomic mass is 15.4. The Labute approximate surface area is 125 Å². The molecule has 0 bridgehead atoms. The number of hydrogen-bond acceptors (Lipinski definition) is 4. The van der Waals surface area contributed by atoms with Crippen molar-refractivity contribution < 1.29 is 0 Å². The van der Waals surface area contributed by atoms with Gasteiger partial charge in [0.25, 0.3) is 0 Å². The largest absolute Gasteiger partial charge is 0.310 e. The third-order valence-corrected chi connectivity index (χ3v) is 3.75. The second kappa shape index (κ2) is 5.56. The van der Waals surface area contributed by atoms with E-state index in [0.29, 0.717) is 12.0 Å². The van der Waals surface area contributed by atoms with Gasteiger partial charge >= 0.3 is 0 Å². The molecule has 0 atom stereocenters. The van der Waals surface area contributed by atoms with Crippen LogP contribution in [0.3, 0.4) is 0 Å². The lowest BCUT2D eigenvalue weighted by Crippen LogP contribution is -2.16. The van der Waals surface area contributed by atoms with Gasteiger partial charge in [-0.2, -0.15) is 4.68 Å². The van der Waals surface area contributed by atoms with Gasteiger partial charge in [-0.05, 0) is 50.3 Å². The first-order valence-electron chi connectivity index (χ1n) is 7.68. The molecule has 3 rings (SSSR count). The monoisotopic (exact) mass is 285 g/mol. The minimum atomic E-state index is 0.398. The van der Waals surface area contributed by atoms with Crippen LogP contribution >= 0.6 is 0 Å². The maximum Gasteiger partial charge on any atom is 0.156 e. The molecule has 1 aliphatic rings. The van der Waals surface area contributed by atoms with Crippen LogP contribution in [0.1, 0.15) is 55.5 Å². The fraction of sp³-hybridized carbons (Fsp3) is 0.562. The summed E-state index contributed by atoms with van der Waals surface area (Å²) in [6, 6.07) is 5.02. The van der Waals surface area contributed by atoms with Crippen molar-refractivity contribution in [3.8, 4) is 5.82 Å². The minimum absolute atomic E-state index is 0.398. The van der Waals surface area contributed by atoms with Gasteiger partial charge < -0.3 is 5.32 Å². The summed E-state index contributed by atoms with van der Waals surface area (Å²) in [6.07, 6.45) is 2.60. The number of rotatable bonds is 5. The van der Waals surface area contributed by atoms with Crippen LogP contribution in [0.15, 0.2) is 12.1 Å². The third-order valence-electron chi connectivity index (χ3n) is 3.75. The summed E-state index contributed by atoms with van der Waals surface area (Å²) in [5.74, 6) is 2.92. The lowest BCUT2D eigenvalue weighted by atomic mass is 10.1. The van der Waals surface area contributed by atoms with Gasteiger partial charge in [0, 0.05) is 18.3 Å². The van der Waals surface area contributed by atoms with E-state index in [2.05, 4.69) is 41.4 Å². The van der Waals surface area contributed by atoms with Gasteiger partial charge in [-0.3, -0.25) is 0 Å². The molecule has 0 aliphatic heterocycles. The maximum atomic E-state index is 4.75. The van der Waals surface area contributed by atoms with Crippen LogP contribution in [-0.2, 0) is 6.54 Å². The Balaban J connectivity index is 1.95. The Kier molecular flexibility index (Phi) is 3.76. The van der Waals surface area contributed by atoms with E-state index in [-0.39, 0.29) is 0 Å². The third kappa shape index (κ3) is 3.29. The second-order valence-corrected chi connectivity index (χ2v) is 6.19. The van der Waals surface area contributed by atoms with E-state index < -0.39 is 0 Å². The van der Waals surface area contributed by atoms with Crippen molar-refractivity contribution in [1.82, 2.24) is 25.1 Å². The Morgan fingerprint density at radius 2 is 2.00 bits per heavy atom. The molecular formula is C16H23N5. The number of hydrogen-bond donors (Lipinski definition) is 1. The lowest BCUT2D eigenvalue weighted by molar-refractivity contribution is 0.680. The average Bonchev–Trinajstić information content (AvgIpc) is 3.20. The van der Waals surface area contributed by atoms with E-state index in [1.54, 1.807) is 0 Å². The Bertz CT molecular complexity index is 640. The van der Waals surface area contributed by atoms with Gasteiger partial charge in [-0.1, -0.05) is 13.8 Å². The standard InChI is InChI=1S/C16H23N5/c1-10(2)15-7-13(9-17-14-5-6-14)8-16(19-15)21-12(4)18-11(3)20-21/h7-8,10,14,17H,5-6,9H2,1-4H3. The van der Waals surface area contributed by atoms with E-state index in [9.17, 15) is 0 Å². The van der Waals surface area contributed by atoms with Crippen molar-refractivity contribution in [2.75, 3.05) is 0 Å². The summed E-state index contributed by atoms with van der Waals surface area (Å²) in [5, 5.41) is 8.02. The number of nitrogens with zero attached hydrogens (tertiary/aromatic N) is 4. The SMILES string of the molecule is Cc1nc(C)n(-c2cc(CNC3CC3)cc(C(C)C)n2)n1. The zero-order valence-corrected chi connectivity index (χ0v) is 13.2. The van der Waals surface area contributed by atoms with Crippen LogP contribution in [-0.4, -0.2) is 25.8 Å². The molecule has 2 heterocycles. The Morgan fingerprint density at radius 3 is 2.57 bits per heavy atom. The van der Waals surface area contributed by atoms with Gasteiger partial charge in [0.1, 0.15) is 11.6 Å². The highest BCUT2D eigenvalue weighted by Crippen LogP contribution is 2.21. The second-order valence-electron chi connectivity index (χ2n) is 6.19. The molecule has 5 nitrogen and oxygen atoms in total. The zero-order valence-electron chi connectivity index (χ0n) is 13.2. The molecule has 0 unspecified atom stereocenters. The summed E-state index contributed by atoms with van der Waals surface area (Å²) < 4.78 is 1.84. The van der Waals surface area contributed by atoms with Crippen LogP contribution in [0.25, 0.3) is 5.82 Å². The lowest BCUT2D eigenvalue weighted by Gasteiger charge is -2.12. The molecule has 21 heavy (non-hydrogen) atoms. The number of nitrogens with one attached hydrogen (secondary N) is 1. The summed E-state index contributed by atoms with van der Waals surface area (Å²) in [7, 11) is 0. The van der Waals surface area contributed by atoms with Crippen LogP contribution in [0, 0.1) is 13.8 Å². The van der Waals surface area contributed by atoms with Crippen molar-refractivity contribution in [1.29, 1.82) is 0 Å². The first kappa shape index (κ1) is 14.2. The molecule has 0 radical (unpaired) electrons. The van der Waals surface area contributed by atoms with E-state index >= 15 is 0 Å². The van der Waals surface area contributed by atoms with Crippen molar-refractivity contribution in [2.24, 2.45) is 0 Å². The highest BCUT2D eigenvalue weighted by molar-refractivity contribution is 5.32. The average molecular weight is 285 g/mol. The Morgan fingerprint density at radius 1 is 1.24 bits per heavy atom. The van der Waals surface area contributed by atoms with Crippen LogP contribution < -0.4 is 5.32 Å².